The number of benzene rings is 1. The number of hydrogen-bond donors (Lipinski definition) is 2. The third-order valence-corrected chi connectivity index (χ3v) is 3.68. The van der Waals surface area contributed by atoms with Crippen LogP contribution in [0.2, 0.25) is 0 Å². The number of fused-ring (bicyclic) bond motifs is 1. The number of aromatic amines is 1. The van der Waals surface area contributed by atoms with Gasteiger partial charge in [-0.3, -0.25) is 14.3 Å². The number of ether oxygens (including phenoxy) is 1. The van der Waals surface area contributed by atoms with Gasteiger partial charge in [-0.15, -0.1) is 0 Å². The Bertz CT molecular complexity index is 931. The maximum absolute atomic E-state index is 12.5. The van der Waals surface area contributed by atoms with E-state index in [1.54, 1.807) is 55.4 Å². The van der Waals surface area contributed by atoms with Gasteiger partial charge >= 0.3 is 0 Å². The first-order valence-electron chi connectivity index (χ1n) is 7.37. The summed E-state index contributed by atoms with van der Waals surface area (Å²) in [6, 6.07) is 8.24. The van der Waals surface area contributed by atoms with Gasteiger partial charge in [-0.25, -0.2) is 4.98 Å². The fourth-order valence-electron chi connectivity index (χ4n) is 2.51. The Morgan fingerprint density at radius 1 is 1.38 bits per heavy atom. The summed E-state index contributed by atoms with van der Waals surface area (Å²) in [5, 5.41) is 7.34. The minimum Gasteiger partial charge on any atom is -0.382 e. The molecular formula is C16H17N5O3. The number of H-pyrrole nitrogens is 1. The number of methoxy groups -OCH3 is 1. The standard InChI is InChI=1S/C16H17N5O3/c1-21-13(7-8-17-21)12(9-24-2)19-16(23)14-18-11-6-4-3-5-10(11)15(22)20-14/h3-8,12H,9H2,1-2H3,(H,19,23)(H,18,20,22)/t12-/m1/s1. The molecule has 1 aromatic carbocycles. The number of aryl methyl sites for hydroxylation is 1. The van der Waals surface area contributed by atoms with Gasteiger partial charge in [0, 0.05) is 20.4 Å². The minimum atomic E-state index is -0.485. The molecule has 0 radical (unpaired) electrons. The summed E-state index contributed by atoms with van der Waals surface area (Å²) in [5.74, 6) is -0.525. The van der Waals surface area contributed by atoms with Crippen molar-refractivity contribution in [2.45, 2.75) is 6.04 Å². The first-order chi connectivity index (χ1) is 11.6. The van der Waals surface area contributed by atoms with Crippen molar-refractivity contribution >= 4 is 16.8 Å². The van der Waals surface area contributed by atoms with Gasteiger partial charge in [0.05, 0.1) is 29.2 Å². The van der Waals surface area contributed by atoms with Gasteiger partial charge in [0.2, 0.25) is 0 Å². The van der Waals surface area contributed by atoms with Crippen LogP contribution in [0.15, 0.2) is 41.3 Å². The van der Waals surface area contributed by atoms with Gasteiger partial charge < -0.3 is 15.0 Å². The van der Waals surface area contributed by atoms with E-state index in [9.17, 15) is 9.59 Å². The Morgan fingerprint density at radius 2 is 2.17 bits per heavy atom. The fraction of sp³-hybridized carbons (Fsp3) is 0.250. The number of para-hydroxylation sites is 1. The van der Waals surface area contributed by atoms with E-state index in [0.717, 1.165) is 5.69 Å². The number of nitrogens with zero attached hydrogens (tertiary/aromatic N) is 3. The van der Waals surface area contributed by atoms with E-state index in [0.29, 0.717) is 10.9 Å². The van der Waals surface area contributed by atoms with Crippen LogP contribution < -0.4 is 10.9 Å². The molecule has 3 rings (SSSR count). The molecular weight excluding hydrogens is 310 g/mol. The quantitative estimate of drug-likeness (QED) is 0.721. The molecule has 0 bridgehead atoms. The summed E-state index contributed by atoms with van der Waals surface area (Å²) in [7, 11) is 3.33. The Morgan fingerprint density at radius 3 is 2.88 bits per heavy atom. The highest BCUT2D eigenvalue weighted by molar-refractivity contribution is 5.92. The Hall–Kier alpha value is -3.00. The summed E-state index contributed by atoms with van der Waals surface area (Å²) in [5.41, 5.74) is 0.901. The Balaban J connectivity index is 1.91. The molecule has 2 aromatic heterocycles. The largest absolute Gasteiger partial charge is 0.382 e. The topological polar surface area (TPSA) is 102 Å². The van der Waals surface area contributed by atoms with E-state index >= 15 is 0 Å². The van der Waals surface area contributed by atoms with Crippen LogP contribution in [-0.4, -0.2) is 39.4 Å². The van der Waals surface area contributed by atoms with Crippen molar-refractivity contribution in [3.05, 3.63) is 58.4 Å². The second kappa shape index (κ2) is 6.63. The lowest BCUT2D eigenvalue weighted by Gasteiger charge is -2.18. The number of carbonyl (C=O) groups excluding carboxylic acids is 1. The number of rotatable bonds is 5. The van der Waals surface area contributed by atoms with E-state index in [4.69, 9.17) is 4.74 Å². The predicted octanol–water partition coefficient (Wildman–Crippen LogP) is 0.774. The van der Waals surface area contributed by atoms with E-state index in [-0.39, 0.29) is 18.0 Å². The molecule has 0 aliphatic rings. The number of hydrogen-bond acceptors (Lipinski definition) is 5. The van der Waals surface area contributed by atoms with Gasteiger partial charge in [-0.1, -0.05) is 12.1 Å². The molecule has 8 nitrogen and oxygen atoms in total. The van der Waals surface area contributed by atoms with Crippen molar-refractivity contribution in [2.75, 3.05) is 13.7 Å². The molecule has 0 unspecified atom stereocenters. The SMILES string of the molecule is COC[C@@H](NC(=O)c1nc2ccccc2c(=O)[nH]1)c1ccnn1C. The van der Waals surface area contributed by atoms with Crippen molar-refractivity contribution in [1.82, 2.24) is 25.1 Å². The summed E-state index contributed by atoms with van der Waals surface area (Å²) in [6.07, 6.45) is 1.64. The van der Waals surface area contributed by atoms with Crippen LogP contribution in [0.1, 0.15) is 22.4 Å². The Kier molecular flexibility index (Phi) is 4.39. The molecule has 0 fully saturated rings. The molecule has 0 aliphatic carbocycles. The average Bonchev–Trinajstić information content (AvgIpc) is 3.00. The summed E-state index contributed by atoms with van der Waals surface area (Å²) < 4.78 is 6.82. The molecule has 3 aromatic rings. The van der Waals surface area contributed by atoms with E-state index < -0.39 is 11.9 Å². The van der Waals surface area contributed by atoms with Crippen molar-refractivity contribution in [3.8, 4) is 0 Å². The molecule has 2 N–H and O–H groups in total. The van der Waals surface area contributed by atoms with E-state index in [1.807, 2.05) is 0 Å². The molecule has 0 saturated heterocycles. The minimum absolute atomic E-state index is 0.0398. The highest BCUT2D eigenvalue weighted by Crippen LogP contribution is 2.13. The Labute approximate surface area is 137 Å². The van der Waals surface area contributed by atoms with Gasteiger partial charge in [0.1, 0.15) is 0 Å². The van der Waals surface area contributed by atoms with Crippen LogP contribution in [0.25, 0.3) is 10.9 Å². The lowest BCUT2D eigenvalue weighted by molar-refractivity contribution is 0.0882. The van der Waals surface area contributed by atoms with Crippen molar-refractivity contribution in [3.63, 3.8) is 0 Å². The monoisotopic (exact) mass is 327 g/mol. The fourth-order valence-corrected chi connectivity index (χ4v) is 2.51. The average molecular weight is 327 g/mol. The number of amides is 1. The molecule has 1 atom stereocenters. The van der Waals surface area contributed by atoms with Crippen molar-refractivity contribution < 1.29 is 9.53 Å². The maximum Gasteiger partial charge on any atom is 0.287 e. The van der Waals surface area contributed by atoms with Crippen molar-refractivity contribution in [1.29, 1.82) is 0 Å². The van der Waals surface area contributed by atoms with Gasteiger partial charge in [0.25, 0.3) is 11.5 Å². The summed E-state index contributed by atoms with van der Waals surface area (Å²) in [4.78, 5) is 31.3. The van der Waals surface area contributed by atoms with Crippen LogP contribution in [0.3, 0.4) is 0 Å². The first-order valence-corrected chi connectivity index (χ1v) is 7.37. The van der Waals surface area contributed by atoms with Crippen molar-refractivity contribution in [2.24, 2.45) is 7.05 Å². The number of carbonyl (C=O) groups is 1. The molecule has 24 heavy (non-hydrogen) atoms. The van der Waals surface area contributed by atoms with Gasteiger partial charge in [0.15, 0.2) is 5.82 Å². The van der Waals surface area contributed by atoms with Crippen LogP contribution in [0.4, 0.5) is 0 Å². The molecule has 0 aliphatic heterocycles. The maximum atomic E-state index is 12.5. The summed E-state index contributed by atoms with van der Waals surface area (Å²) in [6.45, 7) is 0.267. The van der Waals surface area contributed by atoms with E-state index in [1.165, 1.54) is 0 Å². The van der Waals surface area contributed by atoms with Gasteiger partial charge in [-0.2, -0.15) is 5.10 Å². The van der Waals surface area contributed by atoms with Crippen LogP contribution >= 0.6 is 0 Å². The number of nitrogens with one attached hydrogen (secondary N) is 2. The zero-order valence-electron chi connectivity index (χ0n) is 13.3. The third-order valence-electron chi connectivity index (χ3n) is 3.68. The summed E-state index contributed by atoms with van der Waals surface area (Å²) >= 11 is 0. The van der Waals surface area contributed by atoms with E-state index in [2.05, 4.69) is 20.4 Å². The lowest BCUT2D eigenvalue weighted by atomic mass is 10.2. The predicted molar refractivity (Wildman–Crippen MR) is 87.7 cm³/mol. The molecule has 8 heteroatoms. The van der Waals surface area contributed by atoms with Crippen LogP contribution in [-0.2, 0) is 11.8 Å². The second-order valence-corrected chi connectivity index (χ2v) is 5.29. The molecule has 0 saturated carbocycles. The highest BCUT2D eigenvalue weighted by atomic mass is 16.5. The molecule has 2 heterocycles. The first kappa shape index (κ1) is 15.9. The van der Waals surface area contributed by atoms with Crippen LogP contribution in [0.5, 0.6) is 0 Å². The second-order valence-electron chi connectivity index (χ2n) is 5.29. The smallest absolute Gasteiger partial charge is 0.287 e. The molecule has 1 amide bonds. The lowest BCUT2D eigenvalue weighted by Crippen LogP contribution is -2.34. The molecule has 0 spiro atoms. The molecule has 124 valence electrons. The van der Waals surface area contributed by atoms with Gasteiger partial charge in [-0.05, 0) is 18.2 Å². The normalized spacial score (nSPS) is 12.2. The zero-order chi connectivity index (χ0) is 17.1. The van der Waals surface area contributed by atoms with Crippen LogP contribution in [0, 0.1) is 0 Å². The zero-order valence-corrected chi connectivity index (χ0v) is 13.3. The number of aromatic nitrogens is 4. The highest BCUT2D eigenvalue weighted by Gasteiger charge is 2.20. The third kappa shape index (κ3) is 3.04.